The van der Waals surface area contributed by atoms with Crippen molar-refractivity contribution in [1.29, 1.82) is 0 Å². The largest absolute Gasteiger partial charge is 0.442 e. The van der Waals surface area contributed by atoms with Crippen molar-refractivity contribution in [2.45, 2.75) is 38.1 Å². The first-order valence-corrected chi connectivity index (χ1v) is 6.72. The molecule has 0 aliphatic heterocycles. The molecule has 2 aromatic rings. The summed E-state index contributed by atoms with van der Waals surface area (Å²) in [5, 5.41) is 6.48. The van der Waals surface area contributed by atoms with Crippen molar-refractivity contribution in [2.75, 3.05) is 0 Å². The average molecular weight is 251 g/mol. The highest BCUT2D eigenvalue weighted by atomic mass is 32.1. The van der Waals surface area contributed by atoms with Gasteiger partial charge in [-0.3, -0.25) is 9.09 Å². The fourth-order valence-electron chi connectivity index (χ4n) is 2.39. The van der Waals surface area contributed by atoms with Crippen LogP contribution in [-0.2, 0) is 0 Å². The zero-order chi connectivity index (χ0) is 11.7. The molecule has 1 saturated carbocycles. The number of hydrogen-bond donors (Lipinski definition) is 0. The number of nitrogens with zero attached hydrogens (tertiary/aromatic N) is 3. The minimum atomic E-state index is -0.359. The Labute approximate surface area is 102 Å². The van der Waals surface area contributed by atoms with E-state index in [9.17, 15) is 4.79 Å². The smallest absolute Gasteiger partial charge is 0.295 e. The van der Waals surface area contributed by atoms with Crippen LogP contribution in [0.5, 0.6) is 0 Å². The molecule has 0 atom stereocenters. The van der Waals surface area contributed by atoms with Gasteiger partial charge < -0.3 is 0 Å². The predicted octanol–water partition coefficient (Wildman–Crippen LogP) is 2.47. The van der Waals surface area contributed by atoms with E-state index < -0.39 is 0 Å². The van der Waals surface area contributed by atoms with Crippen molar-refractivity contribution in [3.05, 3.63) is 22.1 Å². The Morgan fingerprint density at radius 3 is 2.88 bits per heavy atom. The van der Waals surface area contributed by atoms with Gasteiger partial charge in [0.1, 0.15) is 0 Å². The molecular weight excluding hydrogens is 238 g/mol. The average Bonchev–Trinajstić information content (AvgIpc) is 2.98. The first-order chi connectivity index (χ1) is 8.36. The van der Waals surface area contributed by atoms with Crippen LogP contribution in [0.3, 0.4) is 0 Å². The predicted molar refractivity (Wildman–Crippen MR) is 64.0 cm³/mol. The van der Waals surface area contributed by atoms with Crippen molar-refractivity contribution in [3.8, 4) is 10.8 Å². The molecule has 1 aliphatic rings. The molecule has 3 rings (SSSR count). The maximum atomic E-state index is 11.7. The van der Waals surface area contributed by atoms with Crippen LogP contribution in [0.15, 0.2) is 20.9 Å². The summed E-state index contributed by atoms with van der Waals surface area (Å²) < 4.78 is 6.48. The van der Waals surface area contributed by atoms with Crippen molar-refractivity contribution in [1.82, 2.24) is 14.7 Å². The Kier molecular flexibility index (Phi) is 2.80. The molecule has 90 valence electrons. The maximum Gasteiger partial charge on any atom is 0.442 e. The third-order valence-corrected chi connectivity index (χ3v) is 3.97. The normalized spacial score (nSPS) is 17.4. The second kappa shape index (κ2) is 4.44. The van der Waals surface area contributed by atoms with Crippen molar-refractivity contribution < 1.29 is 4.52 Å². The van der Waals surface area contributed by atoms with Crippen LogP contribution in [0, 0.1) is 0 Å². The van der Waals surface area contributed by atoms with Crippen LogP contribution >= 0.6 is 11.3 Å². The van der Waals surface area contributed by atoms with Gasteiger partial charge in [0.25, 0.3) is 0 Å². The molecular formula is C11H13N3O2S. The molecule has 6 heteroatoms. The third kappa shape index (κ3) is 1.93. The second-order valence-electron chi connectivity index (χ2n) is 4.27. The summed E-state index contributed by atoms with van der Waals surface area (Å²) in [6.07, 6.45) is 7.35. The summed E-state index contributed by atoms with van der Waals surface area (Å²) in [6.45, 7) is 0. The van der Waals surface area contributed by atoms with Gasteiger partial charge >= 0.3 is 5.76 Å². The number of aromatic nitrogens is 3. The minimum absolute atomic E-state index is 0.224. The highest BCUT2D eigenvalue weighted by Gasteiger charge is 2.24. The van der Waals surface area contributed by atoms with Gasteiger partial charge in [0.05, 0.1) is 0 Å². The number of hydrogen-bond acceptors (Lipinski definition) is 5. The molecule has 2 heterocycles. The first-order valence-electron chi connectivity index (χ1n) is 5.84. The van der Waals surface area contributed by atoms with Crippen LogP contribution in [0.4, 0.5) is 0 Å². The van der Waals surface area contributed by atoms with Gasteiger partial charge in [-0.05, 0) is 12.8 Å². The topological polar surface area (TPSA) is 60.9 Å². The van der Waals surface area contributed by atoms with Crippen LogP contribution in [0.25, 0.3) is 10.8 Å². The lowest BCUT2D eigenvalue weighted by molar-refractivity contribution is 0.318. The van der Waals surface area contributed by atoms with E-state index in [1.165, 1.54) is 30.6 Å². The van der Waals surface area contributed by atoms with E-state index in [-0.39, 0.29) is 11.8 Å². The highest BCUT2D eigenvalue weighted by molar-refractivity contribution is 7.13. The Bertz CT molecular complexity index is 537. The summed E-state index contributed by atoms with van der Waals surface area (Å²) in [5.41, 5.74) is 0. The Morgan fingerprint density at radius 1 is 1.35 bits per heavy atom. The molecule has 0 spiro atoms. The molecule has 0 radical (unpaired) electrons. The monoisotopic (exact) mass is 251 g/mol. The summed E-state index contributed by atoms with van der Waals surface area (Å²) >= 11 is 1.47. The van der Waals surface area contributed by atoms with Crippen LogP contribution < -0.4 is 5.76 Å². The first kappa shape index (κ1) is 10.7. The number of rotatable bonds is 2. The molecule has 2 aromatic heterocycles. The van der Waals surface area contributed by atoms with E-state index in [4.69, 9.17) is 4.52 Å². The molecule has 0 unspecified atom stereocenters. The highest BCUT2D eigenvalue weighted by Crippen LogP contribution is 2.30. The standard InChI is InChI=1S/C11H13N3O2S/c15-11-14(8-4-2-1-3-5-8)9(13-16-11)10-12-6-7-17-10/h6-8H,1-5H2. The fourth-order valence-corrected chi connectivity index (χ4v) is 3.01. The van der Waals surface area contributed by atoms with Gasteiger partial charge in [-0.1, -0.05) is 24.4 Å². The molecule has 0 saturated heterocycles. The maximum absolute atomic E-state index is 11.7. The molecule has 0 amide bonds. The molecule has 0 bridgehead atoms. The molecule has 5 nitrogen and oxygen atoms in total. The lowest BCUT2D eigenvalue weighted by Gasteiger charge is -2.22. The molecule has 0 aromatic carbocycles. The zero-order valence-electron chi connectivity index (χ0n) is 9.33. The van der Waals surface area contributed by atoms with Gasteiger partial charge in [-0.15, -0.1) is 11.3 Å². The van der Waals surface area contributed by atoms with Crippen LogP contribution in [0.1, 0.15) is 38.1 Å². The molecule has 17 heavy (non-hydrogen) atoms. The van der Waals surface area contributed by atoms with Crippen molar-refractivity contribution in [2.24, 2.45) is 0 Å². The van der Waals surface area contributed by atoms with E-state index in [2.05, 4.69) is 10.1 Å². The van der Waals surface area contributed by atoms with E-state index in [0.717, 1.165) is 17.8 Å². The van der Waals surface area contributed by atoms with Gasteiger partial charge in [0.15, 0.2) is 5.01 Å². The Balaban J connectivity index is 2.03. The quantitative estimate of drug-likeness (QED) is 0.822. The summed E-state index contributed by atoms with van der Waals surface area (Å²) in [6, 6.07) is 0.224. The molecule has 0 N–H and O–H groups in total. The van der Waals surface area contributed by atoms with Crippen LogP contribution in [-0.4, -0.2) is 14.7 Å². The van der Waals surface area contributed by atoms with Crippen molar-refractivity contribution >= 4 is 11.3 Å². The van der Waals surface area contributed by atoms with Gasteiger partial charge in [0.2, 0.25) is 5.82 Å². The summed E-state index contributed by atoms with van der Waals surface area (Å²) in [4.78, 5) is 15.9. The van der Waals surface area contributed by atoms with E-state index >= 15 is 0 Å². The Hall–Kier alpha value is -1.43. The van der Waals surface area contributed by atoms with Gasteiger partial charge in [-0.2, -0.15) is 0 Å². The molecule has 1 aliphatic carbocycles. The van der Waals surface area contributed by atoms with Crippen molar-refractivity contribution in [3.63, 3.8) is 0 Å². The number of thiazole rings is 1. The summed E-state index contributed by atoms with van der Waals surface area (Å²) in [7, 11) is 0. The lowest BCUT2D eigenvalue weighted by atomic mass is 9.95. The SMILES string of the molecule is O=c1onc(-c2nccs2)n1C1CCCCC1. The Morgan fingerprint density at radius 2 is 2.18 bits per heavy atom. The van der Waals surface area contributed by atoms with Gasteiger partial charge in [-0.25, -0.2) is 9.78 Å². The van der Waals surface area contributed by atoms with E-state index in [0.29, 0.717) is 5.82 Å². The van der Waals surface area contributed by atoms with Crippen LogP contribution in [0.2, 0.25) is 0 Å². The van der Waals surface area contributed by atoms with Gasteiger partial charge in [0, 0.05) is 17.6 Å². The minimum Gasteiger partial charge on any atom is -0.295 e. The third-order valence-electron chi connectivity index (χ3n) is 3.20. The van der Waals surface area contributed by atoms with E-state index in [1.807, 2.05) is 5.38 Å². The summed E-state index contributed by atoms with van der Waals surface area (Å²) in [5.74, 6) is 0.221. The fraction of sp³-hybridized carbons (Fsp3) is 0.545. The lowest BCUT2D eigenvalue weighted by Crippen LogP contribution is -2.23. The zero-order valence-corrected chi connectivity index (χ0v) is 10.2. The second-order valence-corrected chi connectivity index (χ2v) is 5.17. The molecule has 1 fully saturated rings. The van der Waals surface area contributed by atoms with E-state index in [1.54, 1.807) is 10.8 Å².